The van der Waals surface area contributed by atoms with E-state index >= 15 is 0 Å². The number of carbonyl (C=O) groups excluding carboxylic acids is 2. The van der Waals surface area contributed by atoms with Gasteiger partial charge in [-0.3, -0.25) is 14.6 Å². The second-order valence-corrected chi connectivity index (χ2v) is 7.69. The first-order chi connectivity index (χ1) is 15.6. The van der Waals surface area contributed by atoms with Gasteiger partial charge in [-0.1, -0.05) is 11.6 Å². The lowest BCUT2D eigenvalue weighted by molar-refractivity contribution is -0.154. The smallest absolute Gasteiger partial charge is 0.422 e. The van der Waals surface area contributed by atoms with Gasteiger partial charge in [-0.15, -0.1) is 0 Å². The van der Waals surface area contributed by atoms with E-state index in [0.29, 0.717) is 22.4 Å². The van der Waals surface area contributed by atoms with E-state index in [1.165, 1.54) is 23.4 Å². The highest BCUT2D eigenvalue weighted by atomic mass is 35.5. The Morgan fingerprint density at radius 1 is 1.42 bits per heavy atom. The first kappa shape index (κ1) is 24.3. The molecule has 1 aliphatic heterocycles. The van der Waals surface area contributed by atoms with Crippen LogP contribution < -0.4 is 10.1 Å². The van der Waals surface area contributed by atoms with Crippen molar-refractivity contribution in [3.8, 4) is 11.9 Å². The summed E-state index contributed by atoms with van der Waals surface area (Å²) in [5.41, 5.74) is 2.00. The van der Waals surface area contributed by atoms with Crippen molar-refractivity contribution in [1.29, 1.82) is 5.26 Å². The summed E-state index contributed by atoms with van der Waals surface area (Å²) in [6.07, 6.45) is -1.62. The summed E-state index contributed by atoms with van der Waals surface area (Å²) in [6, 6.07) is 4.40. The van der Waals surface area contributed by atoms with Crippen LogP contribution >= 0.6 is 11.6 Å². The Bertz CT molecular complexity index is 1100. The normalized spacial score (nSPS) is 13.9. The molecule has 0 saturated carbocycles. The van der Waals surface area contributed by atoms with E-state index in [1.807, 2.05) is 6.07 Å². The molecule has 2 amide bonds. The van der Waals surface area contributed by atoms with Crippen molar-refractivity contribution >= 4 is 23.4 Å². The molecule has 1 unspecified atom stereocenters. The van der Waals surface area contributed by atoms with Crippen molar-refractivity contribution in [2.75, 3.05) is 13.2 Å². The van der Waals surface area contributed by atoms with E-state index < -0.39 is 18.8 Å². The van der Waals surface area contributed by atoms with Crippen molar-refractivity contribution in [3.63, 3.8) is 0 Å². The van der Waals surface area contributed by atoms with E-state index in [2.05, 4.69) is 20.0 Å². The molecule has 0 fully saturated rings. The number of hydrogen-bond donors (Lipinski definition) is 1. The standard InChI is InChI=1S/C21H19ClF3N5O3/c1-12(13-7-16(22)19(29-9-13)33-11-21(23,24)25)30-10-15-14(20(30)32)3-6-27-17(15)8-18(31)28-5-2-4-26/h3,6-7,9,12H,2,5,8,10-11H2,1H3,(H,28,31). The number of nitrogens with zero attached hydrogens (tertiary/aromatic N) is 4. The summed E-state index contributed by atoms with van der Waals surface area (Å²) in [5, 5.41) is 11.1. The lowest BCUT2D eigenvalue weighted by Crippen LogP contribution is -2.28. The number of alkyl halides is 3. The fraction of sp³-hybridized carbons (Fsp3) is 0.381. The number of rotatable bonds is 8. The topological polar surface area (TPSA) is 108 Å². The second-order valence-electron chi connectivity index (χ2n) is 7.29. The molecule has 12 heteroatoms. The number of hydrogen-bond acceptors (Lipinski definition) is 6. The van der Waals surface area contributed by atoms with E-state index in [4.69, 9.17) is 16.9 Å². The summed E-state index contributed by atoms with van der Waals surface area (Å²) < 4.78 is 41.7. The predicted octanol–water partition coefficient (Wildman–Crippen LogP) is 3.36. The molecule has 0 spiro atoms. The zero-order chi connectivity index (χ0) is 24.2. The molecule has 33 heavy (non-hydrogen) atoms. The molecule has 3 heterocycles. The third kappa shape index (κ3) is 5.90. The quantitative estimate of drug-likeness (QED) is 0.579. The zero-order valence-corrected chi connectivity index (χ0v) is 18.2. The third-order valence-corrected chi connectivity index (χ3v) is 5.27. The molecule has 2 aromatic heterocycles. The van der Waals surface area contributed by atoms with Gasteiger partial charge < -0.3 is 15.0 Å². The Morgan fingerprint density at radius 2 is 2.18 bits per heavy atom. The van der Waals surface area contributed by atoms with Crippen LogP contribution in [-0.4, -0.2) is 46.0 Å². The average Bonchev–Trinajstić information content (AvgIpc) is 3.09. The van der Waals surface area contributed by atoms with E-state index in [0.717, 1.165) is 0 Å². The highest BCUT2D eigenvalue weighted by molar-refractivity contribution is 6.31. The largest absolute Gasteiger partial charge is 0.467 e. The molecule has 1 atom stereocenters. The fourth-order valence-electron chi connectivity index (χ4n) is 3.35. The van der Waals surface area contributed by atoms with Gasteiger partial charge in [0.05, 0.1) is 30.6 Å². The van der Waals surface area contributed by atoms with Crippen molar-refractivity contribution in [2.45, 2.75) is 38.5 Å². The lowest BCUT2D eigenvalue weighted by Gasteiger charge is -2.25. The Labute approximate surface area is 192 Å². The van der Waals surface area contributed by atoms with Gasteiger partial charge in [-0.05, 0) is 24.6 Å². The molecule has 0 bridgehead atoms. The second kappa shape index (κ2) is 10.0. The number of aromatic nitrogens is 2. The molecule has 1 aliphatic rings. The molecular weight excluding hydrogens is 463 g/mol. The SMILES string of the molecule is CC(c1cnc(OCC(F)(F)F)c(Cl)c1)N1Cc2c(ccnc2CC(=O)NCCC#N)C1=O. The van der Waals surface area contributed by atoms with Crippen LogP contribution in [0.5, 0.6) is 5.88 Å². The molecular formula is C21H19ClF3N5O3. The zero-order valence-electron chi connectivity index (χ0n) is 17.4. The molecule has 3 rings (SSSR count). The maximum Gasteiger partial charge on any atom is 0.422 e. The number of pyridine rings is 2. The van der Waals surface area contributed by atoms with Gasteiger partial charge in [0.2, 0.25) is 11.8 Å². The number of carbonyl (C=O) groups is 2. The minimum atomic E-state index is -4.52. The van der Waals surface area contributed by atoms with Crippen molar-refractivity contribution in [1.82, 2.24) is 20.2 Å². The highest BCUT2D eigenvalue weighted by Crippen LogP contribution is 2.34. The number of halogens is 4. The van der Waals surface area contributed by atoms with Gasteiger partial charge in [0, 0.05) is 36.6 Å². The molecule has 174 valence electrons. The third-order valence-electron chi connectivity index (χ3n) is 5.00. The first-order valence-corrected chi connectivity index (χ1v) is 10.2. The Kier molecular flexibility index (Phi) is 7.38. The van der Waals surface area contributed by atoms with Crippen LogP contribution in [0.15, 0.2) is 24.5 Å². The Balaban J connectivity index is 1.74. The van der Waals surface area contributed by atoms with Crippen LogP contribution in [-0.2, 0) is 17.8 Å². The van der Waals surface area contributed by atoms with E-state index in [9.17, 15) is 22.8 Å². The summed E-state index contributed by atoms with van der Waals surface area (Å²) >= 11 is 6.04. The van der Waals surface area contributed by atoms with Crippen LogP contribution in [0, 0.1) is 11.3 Å². The number of amides is 2. The molecule has 0 aromatic carbocycles. The van der Waals surface area contributed by atoms with Gasteiger partial charge in [0.25, 0.3) is 5.91 Å². The first-order valence-electron chi connectivity index (χ1n) is 9.87. The van der Waals surface area contributed by atoms with Crippen molar-refractivity contribution in [2.24, 2.45) is 0 Å². The molecule has 0 saturated heterocycles. The fourth-order valence-corrected chi connectivity index (χ4v) is 3.58. The van der Waals surface area contributed by atoms with Crippen LogP contribution in [0.3, 0.4) is 0 Å². The summed E-state index contributed by atoms with van der Waals surface area (Å²) in [6.45, 7) is 0.625. The van der Waals surface area contributed by atoms with Gasteiger partial charge in [-0.2, -0.15) is 18.4 Å². The summed E-state index contributed by atoms with van der Waals surface area (Å²) in [5.74, 6) is -0.940. The van der Waals surface area contributed by atoms with Crippen LogP contribution in [0.1, 0.15) is 46.6 Å². The molecule has 2 aromatic rings. The summed E-state index contributed by atoms with van der Waals surface area (Å²) in [4.78, 5) is 34.7. The Morgan fingerprint density at radius 3 is 2.85 bits per heavy atom. The predicted molar refractivity (Wildman–Crippen MR) is 110 cm³/mol. The van der Waals surface area contributed by atoms with Gasteiger partial charge >= 0.3 is 6.18 Å². The monoisotopic (exact) mass is 481 g/mol. The van der Waals surface area contributed by atoms with Crippen LogP contribution in [0.25, 0.3) is 0 Å². The lowest BCUT2D eigenvalue weighted by atomic mass is 10.1. The van der Waals surface area contributed by atoms with Crippen molar-refractivity contribution < 1.29 is 27.5 Å². The number of fused-ring (bicyclic) bond motifs is 1. The Hall–Kier alpha value is -3.39. The number of nitrogens with one attached hydrogen (secondary N) is 1. The summed E-state index contributed by atoms with van der Waals surface area (Å²) in [7, 11) is 0. The van der Waals surface area contributed by atoms with E-state index in [1.54, 1.807) is 13.0 Å². The maximum atomic E-state index is 13.0. The highest BCUT2D eigenvalue weighted by Gasteiger charge is 2.34. The van der Waals surface area contributed by atoms with Gasteiger partial charge in [0.15, 0.2) is 6.61 Å². The molecule has 0 aliphatic carbocycles. The maximum absolute atomic E-state index is 13.0. The minimum Gasteiger partial charge on any atom is -0.467 e. The van der Waals surface area contributed by atoms with Crippen LogP contribution in [0.4, 0.5) is 13.2 Å². The van der Waals surface area contributed by atoms with Crippen molar-refractivity contribution in [3.05, 3.63) is 51.9 Å². The minimum absolute atomic E-state index is 0.0390. The van der Waals surface area contributed by atoms with E-state index in [-0.39, 0.29) is 48.6 Å². The van der Waals surface area contributed by atoms with Gasteiger partial charge in [0.1, 0.15) is 5.02 Å². The average molecular weight is 482 g/mol. The molecule has 8 nitrogen and oxygen atoms in total. The molecule has 1 N–H and O–H groups in total. The van der Waals surface area contributed by atoms with Gasteiger partial charge in [-0.25, -0.2) is 4.98 Å². The number of ether oxygens (including phenoxy) is 1. The molecule has 0 radical (unpaired) electrons. The van der Waals surface area contributed by atoms with Crippen LogP contribution in [0.2, 0.25) is 5.02 Å². The number of nitriles is 1.